The van der Waals surface area contributed by atoms with E-state index in [0.29, 0.717) is 13.1 Å². The summed E-state index contributed by atoms with van der Waals surface area (Å²) < 4.78 is 2.11. The molecule has 0 unspecified atom stereocenters. The molecule has 5 nitrogen and oxygen atoms in total. The zero-order valence-corrected chi connectivity index (χ0v) is 17.1. The molecule has 6 heteroatoms. The lowest BCUT2D eigenvalue weighted by molar-refractivity contribution is -0.125. The molecule has 0 atom stereocenters. The van der Waals surface area contributed by atoms with Crippen molar-refractivity contribution in [3.8, 4) is 5.69 Å². The van der Waals surface area contributed by atoms with Crippen molar-refractivity contribution in [3.05, 3.63) is 78.1 Å². The standard InChI is InChI=1S/C23H23N3O2S/c1-29-19-10-8-17(9-11-19)15-24-22(27)12-13-23(28)26-16-18-5-4-14-25(18)20-6-2-3-7-21(20)26/h2-11,14H,12-13,15-16H2,1H3,(H,24,27). The van der Waals surface area contributed by atoms with Crippen molar-refractivity contribution in [2.75, 3.05) is 11.2 Å². The summed E-state index contributed by atoms with van der Waals surface area (Å²) in [6.45, 7) is 0.994. The molecule has 0 radical (unpaired) electrons. The molecule has 29 heavy (non-hydrogen) atoms. The van der Waals surface area contributed by atoms with E-state index < -0.39 is 0 Å². The van der Waals surface area contributed by atoms with Gasteiger partial charge in [-0.15, -0.1) is 11.8 Å². The average molecular weight is 406 g/mol. The molecule has 0 bridgehead atoms. The molecule has 1 aromatic heterocycles. The number of anilines is 1. The van der Waals surface area contributed by atoms with Crippen LogP contribution in [0.5, 0.6) is 0 Å². The molecule has 0 saturated carbocycles. The van der Waals surface area contributed by atoms with Gasteiger partial charge >= 0.3 is 0 Å². The molecule has 0 aliphatic carbocycles. The van der Waals surface area contributed by atoms with Crippen LogP contribution in [0.1, 0.15) is 24.1 Å². The number of fused-ring (bicyclic) bond motifs is 3. The van der Waals surface area contributed by atoms with Gasteiger partial charge in [0.05, 0.1) is 17.9 Å². The van der Waals surface area contributed by atoms with Gasteiger partial charge in [-0.25, -0.2) is 0 Å². The summed E-state index contributed by atoms with van der Waals surface area (Å²) in [5, 5.41) is 2.90. The topological polar surface area (TPSA) is 54.3 Å². The summed E-state index contributed by atoms with van der Waals surface area (Å²) in [7, 11) is 0. The SMILES string of the molecule is CSc1ccc(CNC(=O)CCC(=O)N2Cc3cccn3-c3ccccc32)cc1. The third-order valence-electron chi connectivity index (χ3n) is 5.10. The second-order valence-electron chi connectivity index (χ2n) is 6.96. The van der Waals surface area contributed by atoms with Crippen molar-refractivity contribution >= 4 is 29.3 Å². The number of thioether (sulfide) groups is 1. The van der Waals surface area contributed by atoms with E-state index in [2.05, 4.69) is 9.88 Å². The van der Waals surface area contributed by atoms with Crippen molar-refractivity contribution in [3.63, 3.8) is 0 Å². The summed E-state index contributed by atoms with van der Waals surface area (Å²) in [6.07, 6.45) is 4.41. The molecule has 0 spiro atoms. The fourth-order valence-corrected chi connectivity index (χ4v) is 3.94. The van der Waals surface area contributed by atoms with E-state index in [1.54, 1.807) is 16.7 Å². The van der Waals surface area contributed by atoms with Gasteiger partial charge in [-0.2, -0.15) is 0 Å². The number of benzene rings is 2. The Bertz CT molecular complexity index is 1030. The molecular weight excluding hydrogens is 382 g/mol. The number of nitrogens with one attached hydrogen (secondary N) is 1. The molecular formula is C23H23N3O2S. The van der Waals surface area contributed by atoms with Crippen molar-refractivity contribution in [1.82, 2.24) is 9.88 Å². The van der Waals surface area contributed by atoms with E-state index in [0.717, 1.165) is 22.6 Å². The van der Waals surface area contributed by atoms with Crippen LogP contribution in [0.4, 0.5) is 5.69 Å². The average Bonchev–Trinajstić information content (AvgIpc) is 3.25. The monoisotopic (exact) mass is 405 g/mol. The minimum absolute atomic E-state index is 0.0376. The van der Waals surface area contributed by atoms with Gasteiger partial charge < -0.3 is 14.8 Å². The highest BCUT2D eigenvalue weighted by molar-refractivity contribution is 7.98. The Morgan fingerprint density at radius 1 is 0.966 bits per heavy atom. The number of carbonyl (C=O) groups excluding carboxylic acids is 2. The Morgan fingerprint density at radius 2 is 1.72 bits per heavy atom. The summed E-state index contributed by atoms with van der Waals surface area (Å²) in [6, 6.07) is 20.0. The number of hydrogen-bond acceptors (Lipinski definition) is 3. The van der Waals surface area contributed by atoms with E-state index in [1.165, 1.54) is 4.90 Å². The first-order valence-corrected chi connectivity index (χ1v) is 10.8. The van der Waals surface area contributed by atoms with Crippen LogP contribution in [0.2, 0.25) is 0 Å². The molecule has 1 N–H and O–H groups in total. The summed E-state index contributed by atoms with van der Waals surface area (Å²) in [5.74, 6) is -0.148. The molecule has 2 aromatic carbocycles. The minimum atomic E-state index is -0.110. The Morgan fingerprint density at radius 3 is 2.48 bits per heavy atom. The lowest BCUT2D eigenvalue weighted by Crippen LogP contribution is -2.35. The third-order valence-corrected chi connectivity index (χ3v) is 5.84. The molecule has 2 amide bonds. The van der Waals surface area contributed by atoms with Crippen molar-refractivity contribution in [2.24, 2.45) is 0 Å². The first kappa shape index (κ1) is 19.3. The van der Waals surface area contributed by atoms with Crippen LogP contribution in [0, 0.1) is 0 Å². The number of nitrogens with zero attached hydrogens (tertiary/aromatic N) is 2. The first-order valence-electron chi connectivity index (χ1n) is 9.61. The van der Waals surface area contributed by atoms with Gasteiger partial charge in [0.1, 0.15) is 0 Å². The van der Waals surface area contributed by atoms with E-state index in [4.69, 9.17) is 0 Å². The van der Waals surface area contributed by atoms with Gasteiger partial charge in [0.2, 0.25) is 11.8 Å². The van der Waals surface area contributed by atoms with Gasteiger partial charge in [-0.1, -0.05) is 24.3 Å². The summed E-state index contributed by atoms with van der Waals surface area (Å²) >= 11 is 1.69. The van der Waals surface area contributed by atoms with Crippen molar-refractivity contribution in [1.29, 1.82) is 0 Å². The van der Waals surface area contributed by atoms with Crippen LogP contribution in [-0.2, 0) is 22.7 Å². The van der Waals surface area contributed by atoms with Crippen LogP contribution in [-0.4, -0.2) is 22.6 Å². The van der Waals surface area contributed by atoms with E-state index in [1.807, 2.05) is 73.1 Å². The molecule has 0 fully saturated rings. The number of aromatic nitrogens is 1. The number of carbonyl (C=O) groups is 2. The fourth-order valence-electron chi connectivity index (χ4n) is 3.53. The predicted molar refractivity (Wildman–Crippen MR) is 116 cm³/mol. The van der Waals surface area contributed by atoms with Crippen molar-refractivity contribution < 1.29 is 9.59 Å². The van der Waals surface area contributed by atoms with E-state index >= 15 is 0 Å². The Labute approximate surface area is 174 Å². The van der Waals surface area contributed by atoms with Gasteiger partial charge in [0.25, 0.3) is 0 Å². The second kappa shape index (κ2) is 8.57. The maximum atomic E-state index is 12.9. The fraction of sp³-hybridized carbons (Fsp3) is 0.217. The zero-order chi connectivity index (χ0) is 20.2. The predicted octanol–water partition coefficient (Wildman–Crippen LogP) is 4.14. The largest absolute Gasteiger partial charge is 0.352 e. The molecule has 2 heterocycles. The highest BCUT2D eigenvalue weighted by Crippen LogP contribution is 2.32. The van der Waals surface area contributed by atoms with Crippen LogP contribution < -0.4 is 10.2 Å². The number of rotatable bonds is 6. The van der Waals surface area contributed by atoms with Crippen LogP contribution >= 0.6 is 11.8 Å². The maximum Gasteiger partial charge on any atom is 0.227 e. The molecule has 4 rings (SSSR count). The zero-order valence-electron chi connectivity index (χ0n) is 16.3. The first-order chi connectivity index (χ1) is 14.2. The lowest BCUT2D eigenvalue weighted by Gasteiger charge is -2.31. The molecule has 1 aliphatic rings. The van der Waals surface area contributed by atoms with E-state index in [-0.39, 0.29) is 24.7 Å². The quantitative estimate of drug-likeness (QED) is 0.627. The van der Waals surface area contributed by atoms with Gasteiger partial charge in [-0.05, 0) is 48.2 Å². The molecule has 148 valence electrons. The van der Waals surface area contributed by atoms with Gasteiger partial charge in [0.15, 0.2) is 0 Å². The normalized spacial score (nSPS) is 12.2. The molecule has 0 saturated heterocycles. The molecule has 3 aromatic rings. The Balaban J connectivity index is 1.34. The number of amides is 2. The number of hydrogen-bond donors (Lipinski definition) is 1. The Kier molecular flexibility index (Phi) is 5.71. The smallest absolute Gasteiger partial charge is 0.227 e. The van der Waals surface area contributed by atoms with E-state index in [9.17, 15) is 9.59 Å². The Hall–Kier alpha value is -2.99. The van der Waals surface area contributed by atoms with Crippen LogP contribution in [0.3, 0.4) is 0 Å². The molecule has 1 aliphatic heterocycles. The minimum Gasteiger partial charge on any atom is -0.352 e. The van der Waals surface area contributed by atoms with Crippen molar-refractivity contribution in [2.45, 2.75) is 30.8 Å². The van der Waals surface area contributed by atoms with Gasteiger partial charge in [-0.3, -0.25) is 9.59 Å². The van der Waals surface area contributed by atoms with Gasteiger partial charge in [0, 0.05) is 36.2 Å². The third kappa shape index (κ3) is 4.22. The lowest BCUT2D eigenvalue weighted by atomic mass is 10.1. The maximum absolute atomic E-state index is 12.9. The second-order valence-corrected chi connectivity index (χ2v) is 7.84. The summed E-state index contributed by atoms with van der Waals surface area (Å²) in [5.41, 5.74) is 3.99. The highest BCUT2D eigenvalue weighted by Gasteiger charge is 2.25. The van der Waals surface area contributed by atoms with Crippen LogP contribution in [0.15, 0.2) is 71.8 Å². The highest BCUT2D eigenvalue weighted by atomic mass is 32.2. The number of para-hydroxylation sites is 2. The van der Waals surface area contributed by atoms with Crippen LogP contribution in [0.25, 0.3) is 5.69 Å². The summed E-state index contributed by atoms with van der Waals surface area (Å²) in [4.78, 5) is 28.1.